The van der Waals surface area contributed by atoms with Gasteiger partial charge in [0.1, 0.15) is 13.2 Å². The third-order valence-corrected chi connectivity index (χ3v) is 6.42. The summed E-state index contributed by atoms with van der Waals surface area (Å²) in [6.07, 6.45) is 1.70. The highest BCUT2D eigenvalue weighted by atomic mass is 16.6. The van der Waals surface area contributed by atoms with E-state index in [0.29, 0.717) is 25.6 Å². The molecular formula is C26H27NO3. The van der Waals surface area contributed by atoms with Crippen LogP contribution in [-0.4, -0.2) is 43.0 Å². The highest BCUT2D eigenvalue weighted by molar-refractivity contribution is 6.00. The molecule has 0 N–H and O–H groups in total. The van der Waals surface area contributed by atoms with E-state index in [1.807, 2.05) is 30.3 Å². The van der Waals surface area contributed by atoms with Crippen molar-refractivity contribution in [3.8, 4) is 11.5 Å². The van der Waals surface area contributed by atoms with E-state index in [2.05, 4.69) is 42.2 Å². The van der Waals surface area contributed by atoms with Crippen molar-refractivity contribution in [2.24, 2.45) is 0 Å². The van der Waals surface area contributed by atoms with Crippen molar-refractivity contribution in [3.05, 3.63) is 71.8 Å². The molecule has 2 unspecified atom stereocenters. The van der Waals surface area contributed by atoms with Crippen LogP contribution in [-0.2, 0) is 0 Å². The molecule has 5 rings (SSSR count). The summed E-state index contributed by atoms with van der Waals surface area (Å²) in [5.74, 6) is 2.31. The number of hydrogen-bond donors (Lipinski definition) is 0. The zero-order valence-electron chi connectivity index (χ0n) is 17.3. The second-order valence-corrected chi connectivity index (χ2v) is 8.43. The highest BCUT2D eigenvalue weighted by Crippen LogP contribution is 2.35. The fourth-order valence-corrected chi connectivity index (χ4v) is 4.66. The minimum atomic E-state index is 0.197. The molecular weight excluding hydrogens is 374 g/mol. The Balaban J connectivity index is 1.27. The Morgan fingerprint density at radius 3 is 2.50 bits per heavy atom. The normalized spacial score (nSPS) is 19.7. The number of carbonyl (C=O) groups excluding carboxylic acids is 1. The van der Waals surface area contributed by atoms with E-state index in [1.165, 1.54) is 5.56 Å². The summed E-state index contributed by atoms with van der Waals surface area (Å²) in [5, 5.41) is 2.08. The lowest BCUT2D eigenvalue weighted by atomic mass is 9.98. The minimum Gasteiger partial charge on any atom is -0.486 e. The lowest BCUT2D eigenvalue weighted by molar-refractivity contribution is 0.0940. The number of likely N-dealkylation sites (tertiary alicyclic amines) is 1. The maximum Gasteiger partial charge on any atom is 0.164 e. The molecule has 1 fully saturated rings. The minimum absolute atomic E-state index is 0.197. The van der Waals surface area contributed by atoms with Gasteiger partial charge in [0, 0.05) is 24.6 Å². The number of carbonyl (C=O) groups is 1. The fourth-order valence-electron chi connectivity index (χ4n) is 4.66. The molecule has 30 heavy (non-hydrogen) atoms. The molecule has 154 valence electrons. The van der Waals surface area contributed by atoms with Crippen LogP contribution in [0.25, 0.3) is 10.8 Å². The van der Waals surface area contributed by atoms with E-state index >= 15 is 0 Å². The molecule has 0 aromatic heterocycles. The van der Waals surface area contributed by atoms with Crippen LogP contribution in [0.5, 0.6) is 11.5 Å². The van der Waals surface area contributed by atoms with Gasteiger partial charge in [0.25, 0.3) is 0 Å². The summed E-state index contributed by atoms with van der Waals surface area (Å²) in [7, 11) is 0. The van der Waals surface area contributed by atoms with Gasteiger partial charge in [0.15, 0.2) is 17.3 Å². The van der Waals surface area contributed by atoms with E-state index in [9.17, 15) is 4.79 Å². The van der Waals surface area contributed by atoms with E-state index in [0.717, 1.165) is 47.3 Å². The lowest BCUT2D eigenvalue weighted by Gasteiger charge is -2.24. The largest absolute Gasteiger partial charge is 0.486 e. The number of benzene rings is 3. The Morgan fingerprint density at radius 2 is 1.73 bits per heavy atom. The van der Waals surface area contributed by atoms with Crippen molar-refractivity contribution in [1.29, 1.82) is 0 Å². The quantitative estimate of drug-likeness (QED) is 0.560. The second kappa shape index (κ2) is 8.11. The molecule has 1 saturated heterocycles. The molecule has 0 radical (unpaired) electrons. The van der Waals surface area contributed by atoms with E-state index in [1.54, 1.807) is 0 Å². The second-order valence-electron chi connectivity index (χ2n) is 8.43. The van der Waals surface area contributed by atoms with Gasteiger partial charge >= 0.3 is 0 Å². The molecule has 2 atom stereocenters. The SMILES string of the molecule is CC(CC(=O)c1ccc2cc3c(cc2c1)OCCO3)N1CCC(c2ccccc2)C1. The predicted octanol–water partition coefficient (Wildman–Crippen LogP) is 5.06. The van der Waals surface area contributed by atoms with Gasteiger partial charge in [0.2, 0.25) is 0 Å². The molecule has 0 aliphatic carbocycles. The average Bonchev–Trinajstić information content (AvgIpc) is 3.28. The van der Waals surface area contributed by atoms with Crippen molar-refractivity contribution < 1.29 is 14.3 Å². The summed E-state index contributed by atoms with van der Waals surface area (Å²) in [5.41, 5.74) is 2.17. The molecule has 0 spiro atoms. The Kier molecular flexibility index (Phi) is 5.17. The van der Waals surface area contributed by atoms with Crippen LogP contribution in [0, 0.1) is 0 Å². The Morgan fingerprint density at radius 1 is 1.00 bits per heavy atom. The van der Waals surface area contributed by atoms with E-state index < -0.39 is 0 Å². The van der Waals surface area contributed by atoms with Gasteiger partial charge in [-0.05, 0) is 60.3 Å². The van der Waals surface area contributed by atoms with Crippen LogP contribution in [0.15, 0.2) is 60.7 Å². The van der Waals surface area contributed by atoms with Gasteiger partial charge in [0.05, 0.1) is 0 Å². The average molecular weight is 402 g/mol. The first-order chi connectivity index (χ1) is 14.7. The standard InChI is InChI=1S/C26H27NO3/c1-18(27-10-9-22(17-27)19-5-3-2-4-6-19)13-24(28)21-8-7-20-15-25-26(16-23(20)14-21)30-12-11-29-25/h2-8,14-16,18,22H,9-13,17H2,1H3. The summed E-state index contributed by atoms with van der Waals surface area (Å²) >= 11 is 0. The zero-order chi connectivity index (χ0) is 20.5. The molecule has 0 amide bonds. The zero-order valence-corrected chi connectivity index (χ0v) is 17.3. The van der Waals surface area contributed by atoms with Gasteiger partial charge < -0.3 is 9.47 Å². The Bertz CT molecular complexity index is 1060. The summed E-state index contributed by atoms with van der Waals surface area (Å²) in [6.45, 7) is 5.39. The molecule has 4 nitrogen and oxygen atoms in total. The fraction of sp³-hybridized carbons (Fsp3) is 0.346. The first kappa shape index (κ1) is 19.1. The van der Waals surface area contributed by atoms with Gasteiger partial charge in [-0.25, -0.2) is 0 Å². The van der Waals surface area contributed by atoms with Crippen molar-refractivity contribution in [2.75, 3.05) is 26.3 Å². The molecule has 3 aromatic carbocycles. The third kappa shape index (κ3) is 3.80. The van der Waals surface area contributed by atoms with Crippen LogP contribution in [0.3, 0.4) is 0 Å². The van der Waals surface area contributed by atoms with Gasteiger partial charge in [-0.1, -0.05) is 42.5 Å². The number of fused-ring (bicyclic) bond motifs is 2. The van der Waals surface area contributed by atoms with Crippen molar-refractivity contribution in [2.45, 2.75) is 31.7 Å². The third-order valence-electron chi connectivity index (χ3n) is 6.42. The molecule has 0 saturated carbocycles. The maximum absolute atomic E-state index is 13.0. The van der Waals surface area contributed by atoms with Crippen molar-refractivity contribution >= 4 is 16.6 Å². The first-order valence-electron chi connectivity index (χ1n) is 10.8. The molecule has 2 aliphatic heterocycles. The van der Waals surface area contributed by atoms with Crippen molar-refractivity contribution in [1.82, 2.24) is 4.90 Å². The number of Topliss-reactive ketones (excluding diaryl/α,β-unsaturated/α-hetero) is 1. The number of rotatable bonds is 5. The van der Waals surface area contributed by atoms with Crippen molar-refractivity contribution in [3.63, 3.8) is 0 Å². The van der Waals surface area contributed by atoms with E-state index in [-0.39, 0.29) is 11.8 Å². The summed E-state index contributed by atoms with van der Waals surface area (Å²) < 4.78 is 11.4. The molecule has 2 heterocycles. The molecule has 3 aromatic rings. The number of ketones is 1. The summed E-state index contributed by atoms with van der Waals surface area (Å²) in [6, 6.07) is 20.9. The number of ether oxygens (including phenoxy) is 2. The van der Waals surface area contributed by atoms with Gasteiger partial charge in [-0.3, -0.25) is 9.69 Å². The monoisotopic (exact) mass is 401 g/mol. The first-order valence-corrected chi connectivity index (χ1v) is 10.8. The van der Waals surface area contributed by atoms with Crippen LogP contribution in [0.4, 0.5) is 0 Å². The Hall–Kier alpha value is -2.85. The number of nitrogens with zero attached hydrogens (tertiary/aromatic N) is 1. The smallest absolute Gasteiger partial charge is 0.164 e. The lowest BCUT2D eigenvalue weighted by Crippen LogP contribution is -2.32. The van der Waals surface area contributed by atoms with Gasteiger partial charge in [-0.15, -0.1) is 0 Å². The van der Waals surface area contributed by atoms with Crippen LogP contribution in [0.1, 0.15) is 41.6 Å². The summed E-state index contributed by atoms with van der Waals surface area (Å²) in [4.78, 5) is 15.5. The highest BCUT2D eigenvalue weighted by Gasteiger charge is 2.28. The molecule has 0 bridgehead atoms. The van der Waals surface area contributed by atoms with Gasteiger partial charge in [-0.2, -0.15) is 0 Å². The maximum atomic E-state index is 13.0. The van der Waals surface area contributed by atoms with Crippen LogP contribution in [0.2, 0.25) is 0 Å². The predicted molar refractivity (Wildman–Crippen MR) is 119 cm³/mol. The number of hydrogen-bond acceptors (Lipinski definition) is 4. The van der Waals surface area contributed by atoms with Crippen LogP contribution < -0.4 is 9.47 Å². The molecule has 2 aliphatic rings. The van der Waals surface area contributed by atoms with Crippen LogP contribution >= 0.6 is 0 Å². The Labute approximate surface area is 177 Å². The molecule has 4 heteroatoms. The topological polar surface area (TPSA) is 38.8 Å². The van der Waals surface area contributed by atoms with E-state index in [4.69, 9.17) is 9.47 Å².